The van der Waals surface area contributed by atoms with Gasteiger partial charge in [0.2, 0.25) is 0 Å². The zero-order valence-corrected chi connectivity index (χ0v) is 12.3. The van der Waals surface area contributed by atoms with E-state index in [0.717, 1.165) is 0 Å². The van der Waals surface area contributed by atoms with Gasteiger partial charge < -0.3 is 5.32 Å². The van der Waals surface area contributed by atoms with E-state index in [9.17, 15) is 18.0 Å². The molecule has 1 unspecified atom stereocenters. The van der Waals surface area contributed by atoms with E-state index in [-0.39, 0.29) is 11.6 Å². The van der Waals surface area contributed by atoms with E-state index in [0.29, 0.717) is 29.7 Å². The van der Waals surface area contributed by atoms with Crippen molar-refractivity contribution in [1.29, 1.82) is 0 Å². The summed E-state index contributed by atoms with van der Waals surface area (Å²) in [6, 6.07) is -0.123. The molecular formula is C11H14BrF3N4O. The van der Waals surface area contributed by atoms with E-state index in [4.69, 9.17) is 0 Å². The molecule has 9 heteroatoms. The number of halogens is 4. The molecule has 112 valence electrons. The van der Waals surface area contributed by atoms with Crippen LogP contribution in [-0.4, -0.2) is 46.5 Å². The molecule has 1 atom stereocenters. The highest BCUT2D eigenvalue weighted by molar-refractivity contribution is 9.10. The molecule has 1 aromatic heterocycles. The summed E-state index contributed by atoms with van der Waals surface area (Å²) in [6.45, 7) is -0.227. The first-order valence-corrected chi connectivity index (χ1v) is 6.83. The van der Waals surface area contributed by atoms with Crippen LogP contribution in [0.1, 0.15) is 6.42 Å². The summed E-state index contributed by atoms with van der Waals surface area (Å²) in [6.07, 6.45) is -2.10. The van der Waals surface area contributed by atoms with Crippen molar-refractivity contribution in [3.8, 4) is 0 Å². The monoisotopic (exact) mass is 354 g/mol. The van der Waals surface area contributed by atoms with Crippen LogP contribution < -0.4 is 10.9 Å². The number of hydrogen-bond donors (Lipinski definition) is 1. The maximum Gasteiger partial charge on any atom is 0.401 e. The van der Waals surface area contributed by atoms with Crippen molar-refractivity contribution in [2.75, 3.05) is 25.0 Å². The third-order valence-electron chi connectivity index (χ3n) is 3.11. The summed E-state index contributed by atoms with van der Waals surface area (Å²) < 4.78 is 38.4. The Labute approximate surface area is 121 Å². The number of likely N-dealkylation sites (tertiary alicyclic amines) is 1. The van der Waals surface area contributed by atoms with Crippen LogP contribution in [0.3, 0.4) is 0 Å². The average molecular weight is 355 g/mol. The number of aryl methyl sites for hydroxylation is 1. The first kappa shape index (κ1) is 15.3. The van der Waals surface area contributed by atoms with Crippen LogP contribution in [0, 0.1) is 0 Å². The Morgan fingerprint density at radius 3 is 2.90 bits per heavy atom. The van der Waals surface area contributed by atoms with E-state index in [1.807, 2.05) is 0 Å². The van der Waals surface area contributed by atoms with E-state index >= 15 is 0 Å². The minimum atomic E-state index is -4.18. The molecule has 0 radical (unpaired) electrons. The molecule has 0 spiro atoms. The van der Waals surface area contributed by atoms with Gasteiger partial charge in [0.15, 0.2) is 0 Å². The molecular weight excluding hydrogens is 341 g/mol. The van der Waals surface area contributed by atoms with Gasteiger partial charge in [0, 0.05) is 26.2 Å². The van der Waals surface area contributed by atoms with Gasteiger partial charge in [-0.3, -0.25) is 9.69 Å². The van der Waals surface area contributed by atoms with Gasteiger partial charge in [-0.05, 0) is 22.4 Å². The van der Waals surface area contributed by atoms with Gasteiger partial charge in [0.1, 0.15) is 4.47 Å². The van der Waals surface area contributed by atoms with Crippen LogP contribution in [0.2, 0.25) is 0 Å². The van der Waals surface area contributed by atoms with E-state index in [2.05, 4.69) is 26.3 Å². The van der Waals surface area contributed by atoms with E-state index in [1.165, 1.54) is 22.8 Å². The van der Waals surface area contributed by atoms with Gasteiger partial charge in [0.25, 0.3) is 5.56 Å². The Kier molecular flexibility index (Phi) is 4.38. The lowest BCUT2D eigenvalue weighted by Crippen LogP contribution is -2.34. The molecule has 1 saturated heterocycles. The van der Waals surface area contributed by atoms with Gasteiger partial charge in [0.05, 0.1) is 18.4 Å². The van der Waals surface area contributed by atoms with Crippen molar-refractivity contribution >= 4 is 21.6 Å². The zero-order valence-electron chi connectivity index (χ0n) is 10.7. The number of nitrogens with one attached hydrogen (secondary N) is 1. The lowest BCUT2D eigenvalue weighted by atomic mass is 10.2. The molecule has 5 nitrogen and oxygen atoms in total. The Hall–Kier alpha value is -1.09. The molecule has 0 bridgehead atoms. The average Bonchev–Trinajstić information content (AvgIpc) is 2.75. The molecule has 20 heavy (non-hydrogen) atoms. The summed E-state index contributed by atoms with van der Waals surface area (Å²) in [5.74, 6) is 0. The third kappa shape index (κ3) is 3.72. The highest BCUT2D eigenvalue weighted by Gasteiger charge is 2.34. The van der Waals surface area contributed by atoms with Gasteiger partial charge in [-0.2, -0.15) is 18.3 Å². The molecule has 1 N–H and O–H groups in total. The van der Waals surface area contributed by atoms with Crippen molar-refractivity contribution in [2.24, 2.45) is 7.05 Å². The van der Waals surface area contributed by atoms with Gasteiger partial charge in [-0.1, -0.05) is 0 Å². The van der Waals surface area contributed by atoms with Crippen LogP contribution in [0.15, 0.2) is 15.5 Å². The maximum absolute atomic E-state index is 12.3. The number of rotatable bonds is 3. The van der Waals surface area contributed by atoms with Gasteiger partial charge in [-0.25, -0.2) is 4.68 Å². The van der Waals surface area contributed by atoms with Crippen molar-refractivity contribution in [3.05, 3.63) is 21.0 Å². The SMILES string of the molecule is Cn1ncc(NC2CCN(CC(F)(F)F)C2)c(Br)c1=O. The third-order valence-corrected chi connectivity index (χ3v) is 3.88. The predicted octanol–water partition coefficient (Wildman–Crippen LogP) is 1.59. The molecule has 0 aliphatic carbocycles. The molecule has 1 fully saturated rings. The summed E-state index contributed by atoms with van der Waals surface area (Å²) >= 11 is 3.17. The minimum absolute atomic E-state index is 0.123. The molecule has 0 aromatic carbocycles. The smallest absolute Gasteiger partial charge is 0.379 e. The fourth-order valence-corrected chi connectivity index (χ4v) is 2.65. The number of nitrogens with zero attached hydrogens (tertiary/aromatic N) is 3. The number of anilines is 1. The summed E-state index contributed by atoms with van der Waals surface area (Å²) in [4.78, 5) is 13.0. The first-order chi connectivity index (χ1) is 9.26. The van der Waals surface area contributed by atoms with E-state index < -0.39 is 12.7 Å². The fraction of sp³-hybridized carbons (Fsp3) is 0.636. The van der Waals surface area contributed by atoms with Crippen LogP contribution in [-0.2, 0) is 7.05 Å². The lowest BCUT2D eigenvalue weighted by molar-refractivity contribution is -0.143. The Morgan fingerprint density at radius 2 is 2.25 bits per heavy atom. The van der Waals surface area contributed by atoms with E-state index in [1.54, 1.807) is 0 Å². The summed E-state index contributed by atoms with van der Waals surface area (Å²) in [7, 11) is 1.53. The Morgan fingerprint density at radius 1 is 1.55 bits per heavy atom. The van der Waals surface area contributed by atoms with Crippen LogP contribution >= 0.6 is 15.9 Å². The molecule has 2 rings (SSSR count). The fourth-order valence-electron chi connectivity index (χ4n) is 2.18. The van der Waals surface area contributed by atoms with Gasteiger partial charge in [-0.15, -0.1) is 0 Å². The zero-order chi connectivity index (χ0) is 14.9. The second-order valence-electron chi connectivity index (χ2n) is 4.78. The molecule has 1 aromatic rings. The maximum atomic E-state index is 12.3. The van der Waals surface area contributed by atoms with Crippen molar-refractivity contribution < 1.29 is 13.2 Å². The highest BCUT2D eigenvalue weighted by Crippen LogP contribution is 2.23. The molecule has 1 aliphatic heterocycles. The summed E-state index contributed by atoms with van der Waals surface area (Å²) in [5, 5.41) is 6.94. The van der Waals surface area contributed by atoms with Gasteiger partial charge >= 0.3 is 6.18 Å². The van der Waals surface area contributed by atoms with Crippen LogP contribution in [0.25, 0.3) is 0 Å². The van der Waals surface area contributed by atoms with Crippen molar-refractivity contribution in [2.45, 2.75) is 18.6 Å². The highest BCUT2D eigenvalue weighted by atomic mass is 79.9. The Bertz CT molecular complexity index is 545. The topological polar surface area (TPSA) is 50.2 Å². The second-order valence-corrected chi connectivity index (χ2v) is 5.57. The molecule has 1 aliphatic rings. The largest absolute Gasteiger partial charge is 0.401 e. The summed E-state index contributed by atoms with van der Waals surface area (Å²) in [5.41, 5.74) is 0.215. The first-order valence-electron chi connectivity index (χ1n) is 6.04. The van der Waals surface area contributed by atoms with Crippen LogP contribution in [0.5, 0.6) is 0 Å². The minimum Gasteiger partial charge on any atom is -0.379 e. The second kappa shape index (κ2) is 5.72. The molecule has 0 saturated carbocycles. The number of hydrogen-bond acceptors (Lipinski definition) is 4. The standard InChI is InChI=1S/C11H14BrF3N4O/c1-18-10(20)9(12)8(4-16-18)17-7-2-3-19(5-7)6-11(13,14)15/h4,7,17H,2-3,5-6H2,1H3. The molecule has 2 heterocycles. The molecule has 0 amide bonds. The number of aromatic nitrogens is 2. The van der Waals surface area contributed by atoms with Crippen LogP contribution in [0.4, 0.5) is 18.9 Å². The number of alkyl halides is 3. The lowest BCUT2D eigenvalue weighted by Gasteiger charge is -2.19. The normalized spacial score (nSPS) is 20.4. The van der Waals surface area contributed by atoms with Crippen molar-refractivity contribution in [1.82, 2.24) is 14.7 Å². The quantitative estimate of drug-likeness (QED) is 0.895. The Balaban J connectivity index is 1.99. The van der Waals surface area contributed by atoms with Crippen molar-refractivity contribution in [3.63, 3.8) is 0 Å². The predicted molar refractivity (Wildman–Crippen MR) is 71.7 cm³/mol.